The van der Waals surface area contributed by atoms with Gasteiger partial charge in [-0.25, -0.2) is 4.79 Å². The van der Waals surface area contributed by atoms with E-state index in [1.54, 1.807) is 6.92 Å². The molecule has 0 saturated carbocycles. The van der Waals surface area contributed by atoms with Gasteiger partial charge in [-0.2, -0.15) is 0 Å². The van der Waals surface area contributed by atoms with E-state index in [2.05, 4.69) is 17.2 Å². The summed E-state index contributed by atoms with van der Waals surface area (Å²) < 4.78 is 4.78. The van der Waals surface area contributed by atoms with Crippen molar-refractivity contribution in [2.45, 2.75) is 46.5 Å². The lowest BCUT2D eigenvalue weighted by Crippen LogP contribution is -2.25. The smallest absolute Gasteiger partial charge is 0.339 e. The summed E-state index contributed by atoms with van der Waals surface area (Å²) >= 11 is 0. The van der Waals surface area contributed by atoms with Gasteiger partial charge in [0.2, 0.25) is 0 Å². The molecule has 0 unspecified atom stereocenters. The number of hydrogen-bond donors (Lipinski definition) is 2. The Kier molecular flexibility index (Phi) is 6.28. The van der Waals surface area contributed by atoms with E-state index in [0.717, 1.165) is 25.0 Å². The van der Waals surface area contributed by atoms with Gasteiger partial charge in [0.1, 0.15) is 5.69 Å². The van der Waals surface area contributed by atoms with E-state index in [1.807, 2.05) is 6.92 Å². The van der Waals surface area contributed by atoms with Crippen LogP contribution in [0.25, 0.3) is 0 Å². The quantitative estimate of drug-likeness (QED) is 0.595. The first-order valence-corrected chi connectivity index (χ1v) is 7.14. The number of rotatable bonds is 7. The summed E-state index contributed by atoms with van der Waals surface area (Å²) in [5.74, 6) is -0.566. The number of aromatic amines is 1. The maximum absolute atomic E-state index is 12.1. The maximum atomic E-state index is 12.1. The molecule has 112 valence electrons. The van der Waals surface area contributed by atoms with E-state index in [0.29, 0.717) is 29.8 Å². The molecule has 0 saturated heterocycles. The summed E-state index contributed by atoms with van der Waals surface area (Å²) in [6, 6.07) is 0. The van der Waals surface area contributed by atoms with Gasteiger partial charge < -0.3 is 15.0 Å². The minimum absolute atomic E-state index is 0.163. The molecule has 0 fully saturated rings. The average Bonchev–Trinajstić information content (AvgIpc) is 2.79. The van der Waals surface area contributed by atoms with Crippen molar-refractivity contribution < 1.29 is 14.3 Å². The van der Waals surface area contributed by atoms with Crippen LogP contribution in [0.15, 0.2) is 0 Å². The van der Waals surface area contributed by atoms with Gasteiger partial charge in [0.25, 0.3) is 5.91 Å². The fourth-order valence-electron chi connectivity index (χ4n) is 2.19. The molecule has 0 aliphatic carbocycles. The SMILES string of the molecule is CCCCCNC(=O)c1[nH]c(CC)c(C(=O)OC)c1C. The fraction of sp³-hybridized carbons (Fsp3) is 0.600. The predicted octanol–water partition coefficient (Wildman–Crippen LogP) is 2.59. The van der Waals surface area contributed by atoms with Crippen molar-refractivity contribution in [3.05, 3.63) is 22.5 Å². The average molecular weight is 280 g/mol. The van der Waals surface area contributed by atoms with E-state index < -0.39 is 5.97 Å². The molecule has 0 aliphatic heterocycles. The van der Waals surface area contributed by atoms with E-state index in [9.17, 15) is 9.59 Å². The van der Waals surface area contributed by atoms with Crippen molar-refractivity contribution >= 4 is 11.9 Å². The molecule has 20 heavy (non-hydrogen) atoms. The first kappa shape index (κ1) is 16.3. The Balaban J connectivity index is 2.88. The molecule has 0 atom stereocenters. The standard InChI is InChI=1S/C15H24N2O3/c1-5-7-8-9-16-14(18)13-10(3)12(15(19)20-4)11(6-2)17-13/h17H,5-9H2,1-4H3,(H,16,18). The van der Waals surface area contributed by atoms with Crippen molar-refractivity contribution in [1.82, 2.24) is 10.3 Å². The van der Waals surface area contributed by atoms with Gasteiger partial charge in [-0.1, -0.05) is 26.7 Å². The number of ether oxygens (including phenoxy) is 1. The molecule has 5 heteroatoms. The molecule has 1 aromatic rings. The second-order valence-corrected chi connectivity index (χ2v) is 4.79. The molecule has 2 N–H and O–H groups in total. The number of unbranched alkanes of at least 4 members (excludes halogenated alkanes) is 2. The highest BCUT2D eigenvalue weighted by Gasteiger charge is 2.23. The molecule has 0 radical (unpaired) electrons. The van der Waals surface area contributed by atoms with Gasteiger partial charge in [0.05, 0.1) is 12.7 Å². The van der Waals surface area contributed by atoms with Crippen molar-refractivity contribution in [3.8, 4) is 0 Å². The zero-order chi connectivity index (χ0) is 15.1. The Morgan fingerprint density at radius 2 is 1.95 bits per heavy atom. The van der Waals surface area contributed by atoms with Crippen LogP contribution < -0.4 is 5.32 Å². The maximum Gasteiger partial charge on any atom is 0.339 e. The van der Waals surface area contributed by atoms with Gasteiger partial charge >= 0.3 is 5.97 Å². The van der Waals surface area contributed by atoms with Crippen LogP contribution in [0.1, 0.15) is 65.2 Å². The van der Waals surface area contributed by atoms with Gasteiger partial charge in [-0.15, -0.1) is 0 Å². The highest BCUT2D eigenvalue weighted by molar-refractivity contribution is 6.00. The lowest BCUT2D eigenvalue weighted by Gasteiger charge is -2.04. The van der Waals surface area contributed by atoms with Crippen LogP contribution in [0.3, 0.4) is 0 Å². The van der Waals surface area contributed by atoms with Crippen molar-refractivity contribution in [2.24, 2.45) is 0 Å². The summed E-state index contributed by atoms with van der Waals surface area (Å²) in [7, 11) is 1.35. The molecule has 0 aromatic carbocycles. The van der Waals surface area contributed by atoms with E-state index in [-0.39, 0.29) is 5.91 Å². The summed E-state index contributed by atoms with van der Waals surface area (Å²) in [5.41, 5.74) is 2.34. The number of methoxy groups -OCH3 is 1. The topological polar surface area (TPSA) is 71.2 Å². The number of hydrogen-bond acceptors (Lipinski definition) is 3. The number of aromatic nitrogens is 1. The van der Waals surface area contributed by atoms with E-state index in [4.69, 9.17) is 4.74 Å². The lowest BCUT2D eigenvalue weighted by molar-refractivity contribution is 0.0599. The van der Waals surface area contributed by atoms with Crippen LogP contribution in [0.2, 0.25) is 0 Å². The molecule has 1 rings (SSSR count). The van der Waals surface area contributed by atoms with Crippen LogP contribution in [0.5, 0.6) is 0 Å². The Morgan fingerprint density at radius 1 is 1.25 bits per heavy atom. The van der Waals surface area contributed by atoms with Crippen molar-refractivity contribution in [2.75, 3.05) is 13.7 Å². The van der Waals surface area contributed by atoms with Gasteiger partial charge in [-0.05, 0) is 25.3 Å². The molecule has 1 heterocycles. The molecule has 1 amide bonds. The number of esters is 1. The number of aryl methyl sites for hydroxylation is 1. The number of carbonyl (C=O) groups is 2. The molecule has 0 aliphatic rings. The van der Waals surface area contributed by atoms with E-state index in [1.165, 1.54) is 7.11 Å². The fourth-order valence-corrected chi connectivity index (χ4v) is 2.19. The molecule has 0 bridgehead atoms. The predicted molar refractivity (Wildman–Crippen MR) is 78.1 cm³/mol. The monoisotopic (exact) mass is 280 g/mol. The third kappa shape index (κ3) is 3.62. The number of amides is 1. The van der Waals surface area contributed by atoms with Crippen LogP contribution in [0, 0.1) is 6.92 Å². The molecule has 0 spiro atoms. The Hall–Kier alpha value is -1.78. The Labute approximate surface area is 120 Å². The third-order valence-electron chi connectivity index (χ3n) is 3.36. The molecule has 1 aromatic heterocycles. The van der Waals surface area contributed by atoms with Crippen molar-refractivity contribution in [1.29, 1.82) is 0 Å². The lowest BCUT2D eigenvalue weighted by atomic mass is 10.1. The van der Waals surface area contributed by atoms with Gasteiger partial charge in [-0.3, -0.25) is 4.79 Å². The first-order chi connectivity index (χ1) is 9.56. The summed E-state index contributed by atoms with van der Waals surface area (Å²) in [6.45, 7) is 6.47. The van der Waals surface area contributed by atoms with Crippen molar-refractivity contribution in [3.63, 3.8) is 0 Å². The van der Waals surface area contributed by atoms with E-state index >= 15 is 0 Å². The summed E-state index contributed by atoms with van der Waals surface area (Å²) in [6.07, 6.45) is 3.82. The van der Waals surface area contributed by atoms with Crippen LogP contribution in [-0.2, 0) is 11.2 Å². The highest BCUT2D eigenvalue weighted by Crippen LogP contribution is 2.20. The zero-order valence-corrected chi connectivity index (χ0v) is 12.8. The number of nitrogens with one attached hydrogen (secondary N) is 2. The third-order valence-corrected chi connectivity index (χ3v) is 3.36. The van der Waals surface area contributed by atoms with Crippen LogP contribution >= 0.6 is 0 Å². The van der Waals surface area contributed by atoms with Gasteiger partial charge in [0.15, 0.2) is 0 Å². The summed E-state index contributed by atoms with van der Waals surface area (Å²) in [4.78, 5) is 26.9. The molecular formula is C15H24N2O3. The highest BCUT2D eigenvalue weighted by atomic mass is 16.5. The number of H-pyrrole nitrogens is 1. The first-order valence-electron chi connectivity index (χ1n) is 7.14. The van der Waals surface area contributed by atoms with Crippen LogP contribution in [-0.4, -0.2) is 30.5 Å². The second-order valence-electron chi connectivity index (χ2n) is 4.79. The zero-order valence-electron chi connectivity index (χ0n) is 12.8. The normalized spacial score (nSPS) is 10.4. The number of carbonyl (C=O) groups excluding carboxylic acids is 2. The second kappa shape index (κ2) is 7.72. The summed E-state index contributed by atoms with van der Waals surface area (Å²) in [5, 5.41) is 2.87. The molecular weight excluding hydrogens is 256 g/mol. The minimum atomic E-state index is -0.402. The largest absolute Gasteiger partial charge is 0.465 e. The minimum Gasteiger partial charge on any atom is -0.465 e. The van der Waals surface area contributed by atoms with Gasteiger partial charge in [0, 0.05) is 12.2 Å². The van der Waals surface area contributed by atoms with Crippen LogP contribution in [0.4, 0.5) is 0 Å². The Morgan fingerprint density at radius 3 is 2.50 bits per heavy atom. The Bertz CT molecular complexity index is 478. The molecule has 5 nitrogen and oxygen atoms in total.